The van der Waals surface area contributed by atoms with E-state index >= 15 is 0 Å². The van der Waals surface area contributed by atoms with Crippen molar-refractivity contribution in [2.45, 2.75) is 13.5 Å². The summed E-state index contributed by atoms with van der Waals surface area (Å²) in [5.74, 6) is 0.687. The third-order valence-electron chi connectivity index (χ3n) is 2.75. The molecule has 19 heavy (non-hydrogen) atoms. The topological polar surface area (TPSA) is 34.1 Å². The van der Waals surface area contributed by atoms with Gasteiger partial charge in [-0.05, 0) is 52.7 Å². The molecule has 0 aliphatic heterocycles. The molecule has 0 atom stereocenters. The number of pyridine rings is 1. The second-order valence-corrected chi connectivity index (χ2v) is 5.31. The van der Waals surface area contributed by atoms with Gasteiger partial charge in [0.05, 0.1) is 23.5 Å². The summed E-state index contributed by atoms with van der Waals surface area (Å²) >= 11 is 9.44. The molecule has 1 aromatic carbocycles. The Bertz CT molecular complexity index is 590. The maximum absolute atomic E-state index is 6.09. The molecule has 5 heteroatoms. The Labute approximate surface area is 126 Å². The summed E-state index contributed by atoms with van der Waals surface area (Å²) in [5.41, 5.74) is 3.05. The number of nitrogens with zero attached hydrogens (tertiary/aromatic N) is 1. The van der Waals surface area contributed by atoms with Gasteiger partial charge in [-0.3, -0.25) is 0 Å². The van der Waals surface area contributed by atoms with Crippen LogP contribution < -0.4 is 10.1 Å². The van der Waals surface area contributed by atoms with Crippen molar-refractivity contribution in [1.82, 2.24) is 4.98 Å². The number of hydrogen-bond acceptors (Lipinski definition) is 3. The summed E-state index contributed by atoms with van der Waals surface area (Å²) in [5, 5.41) is 3.96. The zero-order valence-corrected chi connectivity index (χ0v) is 13.0. The monoisotopic (exact) mass is 340 g/mol. The maximum Gasteiger partial charge on any atom is 0.137 e. The van der Waals surface area contributed by atoms with Crippen LogP contribution in [0.5, 0.6) is 5.75 Å². The zero-order chi connectivity index (χ0) is 13.8. The minimum atomic E-state index is 0.618. The van der Waals surface area contributed by atoms with Gasteiger partial charge in [-0.15, -0.1) is 0 Å². The van der Waals surface area contributed by atoms with Crippen molar-refractivity contribution in [3.63, 3.8) is 0 Å². The Balaban J connectivity index is 2.08. The third-order valence-corrected chi connectivity index (χ3v) is 3.49. The van der Waals surface area contributed by atoms with Crippen molar-refractivity contribution >= 4 is 33.2 Å². The highest BCUT2D eigenvalue weighted by atomic mass is 79.9. The lowest BCUT2D eigenvalue weighted by atomic mass is 10.2. The molecule has 0 spiro atoms. The summed E-state index contributed by atoms with van der Waals surface area (Å²) in [4.78, 5) is 4.34. The number of rotatable bonds is 4. The zero-order valence-electron chi connectivity index (χ0n) is 10.7. The smallest absolute Gasteiger partial charge is 0.137 e. The van der Waals surface area contributed by atoms with E-state index in [0.717, 1.165) is 21.5 Å². The van der Waals surface area contributed by atoms with E-state index in [1.165, 1.54) is 0 Å². The lowest BCUT2D eigenvalue weighted by Crippen LogP contribution is -2.02. The third kappa shape index (κ3) is 3.61. The van der Waals surface area contributed by atoms with Gasteiger partial charge in [0, 0.05) is 6.54 Å². The van der Waals surface area contributed by atoms with E-state index in [9.17, 15) is 0 Å². The van der Waals surface area contributed by atoms with E-state index in [1.54, 1.807) is 7.11 Å². The summed E-state index contributed by atoms with van der Waals surface area (Å²) < 4.78 is 5.96. The van der Waals surface area contributed by atoms with Crippen LogP contribution in [0.15, 0.2) is 34.9 Å². The first-order chi connectivity index (χ1) is 9.10. The standard InChI is InChI=1S/C14H14BrClN2O/c1-9-12(4-6-14(15)18-9)17-8-10-3-5-13(19-2)11(16)7-10/h3-7,17H,8H2,1-2H3. The van der Waals surface area contributed by atoms with Gasteiger partial charge >= 0.3 is 0 Å². The number of halogens is 2. The number of aromatic nitrogens is 1. The molecule has 1 heterocycles. The largest absolute Gasteiger partial charge is 0.495 e. The van der Waals surface area contributed by atoms with Crippen LogP contribution >= 0.6 is 27.5 Å². The van der Waals surface area contributed by atoms with Gasteiger partial charge in [0.25, 0.3) is 0 Å². The Morgan fingerprint density at radius 3 is 2.74 bits per heavy atom. The van der Waals surface area contributed by atoms with E-state index in [0.29, 0.717) is 17.3 Å². The normalized spacial score (nSPS) is 10.3. The molecule has 100 valence electrons. The SMILES string of the molecule is COc1ccc(CNc2ccc(Br)nc2C)cc1Cl. The molecule has 0 aliphatic rings. The van der Waals surface area contributed by atoms with Gasteiger partial charge in [0.2, 0.25) is 0 Å². The Morgan fingerprint density at radius 2 is 2.11 bits per heavy atom. The lowest BCUT2D eigenvalue weighted by molar-refractivity contribution is 0.415. The van der Waals surface area contributed by atoms with Gasteiger partial charge in [-0.2, -0.15) is 0 Å². The minimum absolute atomic E-state index is 0.618. The fraction of sp³-hybridized carbons (Fsp3) is 0.214. The van der Waals surface area contributed by atoms with Crippen LogP contribution in [0.25, 0.3) is 0 Å². The molecule has 1 N–H and O–H groups in total. The number of aryl methyl sites for hydroxylation is 1. The molecular formula is C14H14BrClN2O. The van der Waals surface area contributed by atoms with Crippen LogP contribution in [0, 0.1) is 6.92 Å². The van der Waals surface area contributed by atoms with Gasteiger partial charge in [-0.25, -0.2) is 4.98 Å². The van der Waals surface area contributed by atoms with Crippen LogP contribution in [0.3, 0.4) is 0 Å². The molecule has 1 aromatic heterocycles. The maximum atomic E-state index is 6.09. The second-order valence-electron chi connectivity index (χ2n) is 4.09. The average Bonchev–Trinajstić information content (AvgIpc) is 2.38. The minimum Gasteiger partial charge on any atom is -0.495 e. The molecule has 2 rings (SSSR count). The average molecular weight is 342 g/mol. The fourth-order valence-electron chi connectivity index (χ4n) is 1.73. The molecule has 0 fully saturated rings. The van der Waals surface area contributed by atoms with Crippen LogP contribution in [0.1, 0.15) is 11.3 Å². The lowest BCUT2D eigenvalue weighted by Gasteiger charge is -2.10. The summed E-state index contributed by atoms with van der Waals surface area (Å²) in [6.07, 6.45) is 0. The molecule has 3 nitrogen and oxygen atoms in total. The van der Waals surface area contributed by atoms with Crippen molar-refractivity contribution < 1.29 is 4.74 Å². The quantitative estimate of drug-likeness (QED) is 0.836. The van der Waals surface area contributed by atoms with Crippen molar-refractivity contribution in [3.8, 4) is 5.75 Å². The van der Waals surface area contributed by atoms with Crippen molar-refractivity contribution in [2.75, 3.05) is 12.4 Å². The van der Waals surface area contributed by atoms with E-state index in [4.69, 9.17) is 16.3 Å². The van der Waals surface area contributed by atoms with E-state index in [1.807, 2.05) is 37.3 Å². The predicted molar refractivity (Wildman–Crippen MR) is 82.0 cm³/mol. The van der Waals surface area contributed by atoms with Gasteiger partial charge in [-0.1, -0.05) is 17.7 Å². The van der Waals surface area contributed by atoms with Gasteiger partial charge in [0.1, 0.15) is 10.4 Å². The number of nitrogens with one attached hydrogen (secondary N) is 1. The van der Waals surface area contributed by atoms with Crippen molar-refractivity contribution in [2.24, 2.45) is 0 Å². The van der Waals surface area contributed by atoms with Crippen LogP contribution in [0.4, 0.5) is 5.69 Å². The highest BCUT2D eigenvalue weighted by Crippen LogP contribution is 2.25. The van der Waals surface area contributed by atoms with Gasteiger partial charge in [0.15, 0.2) is 0 Å². The number of hydrogen-bond donors (Lipinski definition) is 1. The molecular weight excluding hydrogens is 328 g/mol. The Hall–Kier alpha value is -1.26. The molecule has 0 unspecified atom stereocenters. The molecule has 2 aromatic rings. The van der Waals surface area contributed by atoms with Crippen LogP contribution in [0.2, 0.25) is 5.02 Å². The second kappa shape index (κ2) is 6.26. The summed E-state index contributed by atoms with van der Waals surface area (Å²) in [6, 6.07) is 9.66. The van der Waals surface area contributed by atoms with Gasteiger partial charge < -0.3 is 10.1 Å². The molecule has 0 saturated carbocycles. The first-order valence-electron chi connectivity index (χ1n) is 5.79. The molecule has 0 aliphatic carbocycles. The highest BCUT2D eigenvalue weighted by Gasteiger charge is 2.03. The first kappa shape index (κ1) is 14.2. The first-order valence-corrected chi connectivity index (χ1v) is 6.96. The number of anilines is 1. The number of ether oxygens (including phenoxy) is 1. The molecule has 0 bridgehead atoms. The predicted octanol–water partition coefficient (Wildman–Crippen LogP) is 4.43. The Kier molecular flexibility index (Phi) is 4.66. The van der Waals surface area contributed by atoms with Crippen LogP contribution in [-0.2, 0) is 6.54 Å². The van der Waals surface area contributed by atoms with E-state index < -0.39 is 0 Å². The summed E-state index contributed by atoms with van der Waals surface area (Å²) in [7, 11) is 1.61. The summed E-state index contributed by atoms with van der Waals surface area (Å²) in [6.45, 7) is 2.65. The number of benzene rings is 1. The molecule has 0 saturated heterocycles. The Morgan fingerprint density at radius 1 is 1.32 bits per heavy atom. The highest BCUT2D eigenvalue weighted by molar-refractivity contribution is 9.10. The molecule has 0 amide bonds. The van der Waals surface area contributed by atoms with Crippen molar-refractivity contribution in [3.05, 3.63) is 51.2 Å². The van der Waals surface area contributed by atoms with Crippen molar-refractivity contribution in [1.29, 1.82) is 0 Å². The fourth-order valence-corrected chi connectivity index (χ4v) is 2.41. The van der Waals surface area contributed by atoms with Crippen LogP contribution in [-0.4, -0.2) is 12.1 Å². The van der Waals surface area contributed by atoms with E-state index in [-0.39, 0.29) is 0 Å². The van der Waals surface area contributed by atoms with E-state index in [2.05, 4.69) is 26.2 Å². The number of methoxy groups -OCH3 is 1. The molecule has 0 radical (unpaired) electrons.